The third-order valence-corrected chi connectivity index (χ3v) is 7.71. The molecule has 1 spiro atoms. The fraction of sp³-hybridized carbons (Fsp3) is 0.682. The maximum Gasteiger partial charge on any atom is 0.334 e. The molecule has 0 bridgehead atoms. The van der Waals surface area contributed by atoms with Gasteiger partial charge in [-0.1, -0.05) is 19.9 Å². The first-order valence-electron chi connectivity index (χ1n) is 10.3. The summed E-state index contributed by atoms with van der Waals surface area (Å²) in [7, 11) is 0. The van der Waals surface area contributed by atoms with Crippen LogP contribution in [0.15, 0.2) is 23.3 Å². The third kappa shape index (κ3) is 3.10. The molecule has 4 rings (SSSR count). The van der Waals surface area contributed by atoms with Crippen molar-refractivity contribution in [2.45, 2.75) is 58.7 Å². The molecule has 1 saturated carbocycles. The molecule has 1 N–H and O–H groups in total. The largest absolute Gasteiger partial charge is 0.462 e. The summed E-state index contributed by atoms with van der Waals surface area (Å²) in [5.41, 5.74) is 0.319. The molecule has 2 aliphatic heterocycles. The molecule has 0 aromatic heterocycles. The molecule has 2 aliphatic carbocycles. The van der Waals surface area contributed by atoms with Gasteiger partial charge in [0.15, 0.2) is 0 Å². The Hall–Kier alpha value is -2.15. The zero-order valence-electron chi connectivity index (χ0n) is 17.1. The summed E-state index contributed by atoms with van der Waals surface area (Å²) >= 11 is 0. The molecule has 6 atom stereocenters. The molecule has 7 nitrogen and oxygen atoms in total. The van der Waals surface area contributed by atoms with Gasteiger partial charge in [-0.25, -0.2) is 9.59 Å². The minimum Gasteiger partial charge on any atom is -0.462 e. The lowest BCUT2D eigenvalue weighted by molar-refractivity contribution is -0.175. The Morgan fingerprint density at radius 2 is 2.14 bits per heavy atom. The number of rotatable bonds is 4. The average Bonchev–Trinajstić information content (AvgIpc) is 3.23. The standard InChI is InChI=1S/C22H28O7/c1-12-17(29-13(2)23)9-22-11-28-20(26)15(22)5-4-6-18(22)21(12,3)8-16(24)14-7-19(25)27-10-14/h5,7,12,16-18,24H,4,6,8-11H2,1-3H3/t12-,16-,17-,18-,21+,22+/m1/s1. The highest BCUT2D eigenvalue weighted by atomic mass is 16.6. The van der Waals surface area contributed by atoms with E-state index in [-0.39, 0.29) is 43.1 Å². The van der Waals surface area contributed by atoms with Crippen molar-refractivity contribution >= 4 is 17.9 Å². The summed E-state index contributed by atoms with van der Waals surface area (Å²) in [6.45, 7) is 5.92. The van der Waals surface area contributed by atoms with E-state index in [9.17, 15) is 19.5 Å². The first-order valence-corrected chi connectivity index (χ1v) is 10.3. The monoisotopic (exact) mass is 404 g/mol. The summed E-state index contributed by atoms with van der Waals surface area (Å²) < 4.78 is 16.1. The third-order valence-electron chi connectivity index (χ3n) is 7.71. The van der Waals surface area contributed by atoms with Gasteiger partial charge in [0.1, 0.15) is 19.3 Å². The van der Waals surface area contributed by atoms with Crippen molar-refractivity contribution in [3.63, 3.8) is 0 Å². The number of allylic oxidation sites excluding steroid dienone is 1. The Kier molecular flexibility index (Phi) is 4.84. The lowest BCUT2D eigenvalue weighted by Gasteiger charge is -2.58. The van der Waals surface area contributed by atoms with Crippen LogP contribution in [-0.4, -0.2) is 48.4 Å². The van der Waals surface area contributed by atoms with Crippen molar-refractivity contribution in [1.29, 1.82) is 0 Å². The average molecular weight is 404 g/mol. The van der Waals surface area contributed by atoms with Crippen molar-refractivity contribution in [1.82, 2.24) is 0 Å². The summed E-state index contributed by atoms with van der Waals surface area (Å²) in [4.78, 5) is 35.7. The van der Waals surface area contributed by atoms with Crippen molar-refractivity contribution in [3.8, 4) is 0 Å². The van der Waals surface area contributed by atoms with E-state index in [0.29, 0.717) is 24.0 Å². The number of carbonyl (C=O) groups is 3. The molecule has 0 aromatic carbocycles. The van der Waals surface area contributed by atoms with E-state index in [4.69, 9.17) is 14.2 Å². The van der Waals surface area contributed by atoms with E-state index in [1.165, 1.54) is 13.0 Å². The van der Waals surface area contributed by atoms with Crippen molar-refractivity contribution in [2.24, 2.45) is 22.7 Å². The van der Waals surface area contributed by atoms with E-state index >= 15 is 0 Å². The molecule has 1 saturated heterocycles. The topological polar surface area (TPSA) is 99.1 Å². The fourth-order valence-corrected chi connectivity index (χ4v) is 6.16. The van der Waals surface area contributed by atoms with Crippen LogP contribution in [0.5, 0.6) is 0 Å². The molecule has 0 aromatic rings. The van der Waals surface area contributed by atoms with Crippen LogP contribution < -0.4 is 0 Å². The van der Waals surface area contributed by atoms with Gasteiger partial charge in [-0.3, -0.25) is 4.79 Å². The molecule has 7 heteroatoms. The van der Waals surface area contributed by atoms with Gasteiger partial charge in [0.2, 0.25) is 0 Å². The highest BCUT2D eigenvalue weighted by Gasteiger charge is 2.64. The van der Waals surface area contributed by atoms with Crippen LogP contribution in [0, 0.1) is 22.7 Å². The molecule has 158 valence electrons. The van der Waals surface area contributed by atoms with Crippen LogP contribution in [0.2, 0.25) is 0 Å². The maximum absolute atomic E-state index is 12.4. The van der Waals surface area contributed by atoms with Gasteiger partial charge in [0, 0.05) is 29.6 Å². The molecule has 0 amide bonds. The van der Waals surface area contributed by atoms with Crippen LogP contribution in [0.4, 0.5) is 0 Å². The molecule has 4 aliphatic rings. The number of carbonyl (C=O) groups excluding carboxylic acids is 3. The van der Waals surface area contributed by atoms with E-state index in [1.807, 2.05) is 13.0 Å². The second-order valence-corrected chi connectivity index (χ2v) is 9.17. The highest BCUT2D eigenvalue weighted by Crippen LogP contribution is 2.64. The first kappa shape index (κ1) is 20.1. The molecule has 29 heavy (non-hydrogen) atoms. The molecule has 2 fully saturated rings. The van der Waals surface area contributed by atoms with Gasteiger partial charge in [-0.15, -0.1) is 0 Å². The normalized spacial score (nSPS) is 39.5. The van der Waals surface area contributed by atoms with Crippen molar-refractivity contribution in [3.05, 3.63) is 23.3 Å². The number of cyclic esters (lactones) is 2. The Morgan fingerprint density at radius 1 is 1.38 bits per heavy atom. The van der Waals surface area contributed by atoms with Crippen LogP contribution in [0.3, 0.4) is 0 Å². The number of hydrogen-bond donors (Lipinski definition) is 1. The summed E-state index contributed by atoms with van der Waals surface area (Å²) in [5, 5.41) is 10.9. The quantitative estimate of drug-likeness (QED) is 0.566. The first-order chi connectivity index (χ1) is 13.7. The second-order valence-electron chi connectivity index (χ2n) is 9.17. The van der Waals surface area contributed by atoms with Gasteiger partial charge in [-0.05, 0) is 42.9 Å². The molecule has 0 radical (unpaired) electrons. The van der Waals surface area contributed by atoms with E-state index in [1.54, 1.807) is 0 Å². The van der Waals surface area contributed by atoms with E-state index < -0.39 is 22.9 Å². The van der Waals surface area contributed by atoms with Crippen molar-refractivity contribution < 1.29 is 33.7 Å². The predicted molar refractivity (Wildman–Crippen MR) is 101 cm³/mol. The van der Waals surface area contributed by atoms with Crippen LogP contribution in [-0.2, 0) is 28.6 Å². The molecular formula is C22H28O7. The van der Waals surface area contributed by atoms with Gasteiger partial charge in [-0.2, -0.15) is 0 Å². The molecular weight excluding hydrogens is 376 g/mol. The highest BCUT2D eigenvalue weighted by molar-refractivity contribution is 5.92. The number of aliphatic hydroxyl groups excluding tert-OH is 1. The second kappa shape index (κ2) is 6.97. The minimum atomic E-state index is -0.839. The van der Waals surface area contributed by atoms with Gasteiger partial charge in [0.25, 0.3) is 0 Å². The zero-order chi connectivity index (χ0) is 21.0. The number of esters is 3. The summed E-state index contributed by atoms with van der Waals surface area (Å²) in [6.07, 6.45) is 4.69. The summed E-state index contributed by atoms with van der Waals surface area (Å²) in [5.74, 6) is -1.02. The predicted octanol–water partition coefficient (Wildman–Crippen LogP) is 2.08. The Morgan fingerprint density at radius 3 is 2.79 bits per heavy atom. The van der Waals surface area contributed by atoms with Crippen LogP contribution >= 0.6 is 0 Å². The maximum atomic E-state index is 12.4. The Balaban J connectivity index is 1.73. The van der Waals surface area contributed by atoms with Crippen LogP contribution in [0.25, 0.3) is 0 Å². The minimum absolute atomic E-state index is 0.0367. The van der Waals surface area contributed by atoms with Gasteiger partial charge < -0.3 is 19.3 Å². The SMILES string of the molecule is CC(=O)O[C@@H]1C[C@]23COC(=O)C2=CCC[C@@H]3[C@@](C)(C[C@@H](O)C2=CC(=O)OC2)[C@@H]1C. The Labute approximate surface area is 170 Å². The lowest BCUT2D eigenvalue weighted by atomic mass is 9.46. The van der Waals surface area contributed by atoms with E-state index in [0.717, 1.165) is 12.8 Å². The number of aliphatic hydroxyl groups is 1. The number of hydrogen-bond acceptors (Lipinski definition) is 7. The van der Waals surface area contributed by atoms with E-state index in [2.05, 4.69) is 6.92 Å². The van der Waals surface area contributed by atoms with Gasteiger partial charge >= 0.3 is 17.9 Å². The zero-order valence-corrected chi connectivity index (χ0v) is 17.1. The fourth-order valence-electron chi connectivity index (χ4n) is 6.16. The van der Waals surface area contributed by atoms with Crippen molar-refractivity contribution in [2.75, 3.05) is 13.2 Å². The lowest BCUT2D eigenvalue weighted by Crippen LogP contribution is -2.58. The number of ether oxygens (including phenoxy) is 3. The summed E-state index contributed by atoms with van der Waals surface area (Å²) in [6, 6.07) is 0. The smallest absolute Gasteiger partial charge is 0.334 e. The molecule has 0 unspecified atom stereocenters. The molecule has 2 heterocycles. The van der Waals surface area contributed by atoms with Gasteiger partial charge in [0.05, 0.1) is 6.10 Å². The van der Waals surface area contributed by atoms with Crippen LogP contribution in [0.1, 0.15) is 46.5 Å². The Bertz CT molecular complexity index is 812.